The molecule has 3 heteroatoms. The second-order valence-corrected chi connectivity index (χ2v) is 5.45. The maximum atomic E-state index is 12.2. The Labute approximate surface area is 119 Å². The summed E-state index contributed by atoms with van der Waals surface area (Å²) in [5, 5.41) is 0. The highest BCUT2D eigenvalue weighted by Gasteiger charge is 2.22. The van der Waals surface area contributed by atoms with Crippen LogP contribution < -0.4 is 0 Å². The summed E-state index contributed by atoms with van der Waals surface area (Å²) in [6, 6.07) is 7.50. The minimum absolute atomic E-state index is 0.411. The van der Waals surface area contributed by atoms with Crippen molar-refractivity contribution < 1.29 is 13.5 Å². The van der Waals surface area contributed by atoms with Crippen molar-refractivity contribution in [2.45, 2.75) is 51.0 Å². The fourth-order valence-corrected chi connectivity index (χ4v) is 2.84. The average Bonchev–Trinajstić information content (AvgIpc) is 2.46. The lowest BCUT2D eigenvalue weighted by Crippen LogP contribution is -2.21. The molecular formula is C17H22F2O. The zero-order chi connectivity index (χ0) is 14.4. The van der Waals surface area contributed by atoms with E-state index in [4.69, 9.17) is 4.74 Å². The molecule has 0 amide bonds. The van der Waals surface area contributed by atoms with Crippen LogP contribution in [0, 0.1) is 0 Å². The maximum Gasteiger partial charge on any atom is 0.270 e. The van der Waals surface area contributed by atoms with Gasteiger partial charge < -0.3 is 4.74 Å². The summed E-state index contributed by atoms with van der Waals surface area (Å²) in [7, 11) is 0. The topological polar surface area (TPSA) is 9.23 Å². The lowest BCUT2D eigenvalue weighted by molar-refractivity contribution is 0.0251. The van der Waals surface area contributed by atoms with E-state index in [1.165, 1.54) is 5.56 Å². The quantitative estimate of drug-likeness (QED) is 0.704. The van der Waals surface area contributed by atoms with E-state index in [0.29, 0.717) is 17.6 Å². The summed E-state index contributed by atoms with van der Waals surface area (Å²) in [5.74, 6) is 0.546. The van der Waals surface area contributed by atoms with Crippen LogP contribution in [0.15, 0.2) is 30.3 Å². The van der Waals surface area contributed by atoms with Crippen LogP contribution in [0.5, 0.6) is 0 Å². The van der Waals surface area contributed by atoms with Crippen LogP contribution in [0.3, 0.4) is 0 Å². The summed E-state index contributed by atoms with van der Waals surface area (Å²) in [6.07, 6.45) is 5.19. The third-order valence-corrected chi connectivity index (χ3v) is 3.92. The molecule has 1 aliphatic carbocycles. The minimum Gasteiger partial charge on any atom is -0.378 e. The smallest absolute Gasteiger partial charge is 0.270 e. The molecule has 0 spiro atoms. The van der Waals surface area contributed by atoms with Gasteiger partial charge in [0.2, 0.25) is 0 Å². The molecule has 2 rings (SSSR count). The molecular weight excluding hydrogens is 258 g/mol. The molecule has 0 saturated heterocycles. The van der Waals surface area contributed by atoms with Gasteiger partial charge in [-0.15, -0.1) is 0 Å². The summed E-state index contributed by atoms with van der Waals surface area (Å²) in [4.78, 5) is 0. The molecule has 0 aromatic heterocycles. The Hall–Kier alpha value is -1.22. The van der Waals surface area contributed by atoms with Crippen molar-refractivity contribution in [3.05, 3.63) is 41.5 Å². The van der Waals surface area contributed by atoms with Gasteiger partial charge in [-0.2, -0.15) is 8.78 Å². The molecule has 0 unspecified atom stereocenters. The van der Waals surface area contributed by atoms with E-state index in [2.05, 4.69) is 6.92 Å². The maximum absolute atomic E-state index is 12.2. The molecule has 1 aliphatic rings. The Morgan fingerprint density at radius 2 is 1.80 bits per heavy atom. The van der Waals surface area contributed by atoms with Crippen LogP contribution in [0.4, 0.5) is 8.78 Å². The van der Waals surface area contributed by atoms with Gasteiger partial charge in [-0.25, -0.2) is 0 Å². The molecule has 1 saturated carbocycles. The first kappa shape index (κ1) is 15.2. The Morgan fingerprint density at radius 1 is 1.15 bits per heavy atom. The van der Waals surface area contributed by atoms with E-state index in [1.807, 2.05) is 12.1 Å². The highest BCUT2D eigenvalue weighted by Crippen LogP contribution is 2.34. The normalized spacial score (nSPS) is 22.6. The van der Waals surface area contributed by atoms with Crippen molar-refractivity contribution in [3.8, 4) is 0 Å². The third kappa shape index (κ3) is 4.41. The zero-order valence-corrected chi connectivity index (χ0v) is 11.9. The van der Waals surface area contributed by atoms with E-state index in [-0.39, 0.29) is 0 Å². The van der Waals surface area contributed by atoms with Gasteiger partial charge in [-0.3, -0.25) is 0 Å². The number of halogens is 2. The SMILES string of the molecule is CCCO[C@H]1CC[C@H](c2ccc(C=C(F)F)cc2)CC1. The molecule has 20 heavy (non-hydrogen) atoms. The van der Waals surface area contributed by atoms with Crippen LogP contribution in [0.1, 0.15) is 56.1 Å². The van der Waals surface area contributed by atoms with Crippen LogP contribution >= 0.6 is 0 Å². The molecule has 0 radical (unpaired) electrons. The summed E-state index contributed by atoms with van der Waals surface area (Å²) in [6.45, 7) is 2.98. The fourth-order valence-electron chi connectivity index (χ4n) is 2.84. The fraction of sp³-hybridized carbons (Fsp3) is 0.529. The van der Waals surface area contributed by atoms with Gasteiger partial charge in [-0.05, 0) is 49.1 Å². The zero-order valence-electron chi connectivity index (χ0n) is 11.9. The van der Waals surface area contributed by atoms with Gasteiger partial charge in [0.1, 0.15) is 0 Å². The van der Waals surface area contributed by atoms with Crippen molar-refractivity contribution in [1.82, 2.24) is 0 Å². The van der Waals surface area contributed by atoms with Crippen LogP contribution in [-0.2, 0) is 4.74 Å². The molecule has 1 aromatic rings. The van der Waals surface area contributed by atoms with Crippen LogP contribution in [-0.4, -0.2) is 12.7 Å². The summed E-state index contributed by atoms with van der Waals surface area (Å²) < 4.78 is 30.1. The number of hydrogen-bond acceptors (Lipinski definition) is 1. The van der Waals surface area contributed by atoms with Crippen molar-refractivity contribution in [2.75, 3.05) is 6.61 Å². The lowest BCUT2D eigenvalue weighted by atomic mass is 9.82. The number of benzene rings is 1. The predicted octanol–water partition coefficient (Wildman–Crippen LogP) is 5.38. The van der Waals surface area contributed by atoms with Gasteiger partial charge in [0, 0.05) is 12.7 Å². The Morgan fingerprint density at radius 3 is 2.35 bits per heavy atom. The highest BCUT2D eigenvalue weighted by atomic mass is 19.3. The van der Waals surface area contributed by atoms with Gasteiger partial charge in [-0.1, -0.05) is 31.2 Å². The molecule has 1 aromatic carbocycles. The van der Waals surface area contributed by atoms with Gasteiger partial charge in [0.15, 0.2) is 0 Å². The number of ether oxygens (including phenoxy) is 1. The third-order valence-electron chi connectivity index (χ3n) is 3.92. The predicted molar refractivity (Wildman–Crippen MR) is 77.9 cm³/mol. The molecule has 0 atom stereocenters. The van der Waals surface area contributed by atoms with Crippen molar-refractivity contribution >= 4 is 6.08 Å². The Balaban J connectivity index is 1.89. The van der Waals surface area contributed by atoms with Crippen molar-refractivity contribution in [2.24, 2.45) is 0 Å². The van der Waals surface area contributed by atoms with Crippen LogP contribution in [0.25, 0.3) is 6.08 Å². The monoisotopic (exact) mass is 280 g/mol. The Kier molecular flexibility index (Phi) is 5.72. The van der Waals surface area contributed by atoms with Gasteiger partial charge in [0.05, 0.1) is 6.10 Å². The minimum atomic E-state index is -1.65. The van der Waals surface area contributed by atoms with Crippen molar-refractivity contribution in [1.29, 1.82) is 0 Å². The first-order valence-corrected chi connectivity index (χ1v) is 7.43. The molecule has 110 valence electrons. The summed E-state index contributed by atoms with van der Waals surface area (Å²) >= 11 is 0. The second kappa shape index (κ2) is 7.53. The highest BCUT2D eigenvalue weighted by molar-refractivity contribution is 5.50. The average molecular weight is 280 g/mol. The lowest BCUT2D eigenvalue weighted by Gasteiger charge is -2.28. The first-order chi connectivity index (χ1) is 9.69. The van der Waals surface area contributed by atoms with E-state index < -0.39 is 6.08 Å². The molecule has 0 bridgehead atoms. The van der Waals surface area contributed by atoms with E-state index in [0.717, 1.165) is 44.8 Å². The van der Waals surface area contributed by atoms with E-state index in [9.17, 15) is 8.78 Å². The second-order valence-electron chi connectivity index (χ2n) is 5.45. The molecule has 0 N–H and O–H groups in total. The standard InChI is InChI=1S/C17H22F2O/c1-2-11-20-16-9-7-15(8-10-16)14-5-3-13(4-6-14)12-17(18)19/h3-6,12,15-16H,2,7-11H2,1H3/t15-,16-. The molecule has 1 nitrogen and oxygen atoms in total. The Bertz CT molecular complexity index is 427. The number of rotatable bonds is 5. The van der Waals surface area contributed by atoms with E-state index in [1.54, 1.807) is 12.1 Å². The molecule has 0 aliphatic heterocycles. The largest absolute Gasteiger partial charge is 0.378 e. The molecule has 0 heterocycles. The summed E-state index contributed by atoms with van der Waals surface area (Å²) in [5.41, 5.74) is 1.82. The van der Waals surface area contributed by atoms with Gasteiger partial charge >= 0.3 is 0 Å². The molecule has 1 fully saturated rings. The first-order valence-electron chi connectivity index (χ1n) is 7.43. The number of hydrogen-bond donors (Lipinski definition) is 0. The van der Waals surface area contributed by atoms with Gasteiger partial charge in [0.25, 0.3) is 6.08 Å². The van der Waals surface area contributed by atoms with Crippen LogP contribution in [0.2, 0.25) is 0 Å². The van der Waals surface area contributed by atoms with Crippen molar-refractivity contribution in [3.63, 3.8) is 0 Å². The van der Waals surface area contributed by atoms with E-state index >= 15 is 0 Å².